The van der Waals surface area contributed by atoms with Crippen LogP contribution in [-0.4, -0.2) is 34.4 Å². The maximum absolute atomic E-state index is 10.9. The Balaban J connectivity index is 2.82. The van der Waals surface area contributed by atoms with Crippen LogP contribution in [0.2, 0.25) is 0 Å². The van der Waals surface area contributed by atoms with Crippen molar-refractivity contribution in [1.29, 1.82) is 0 Å². The van der Waals surface area contributed by atoms with Gasteiger partial charge < -0.3 is 20.5 Å². The van der Waals surface area contributed by atoms with Crippen LogP contribution in [0.25, 0.3) is 0 Å². The normalized spacial score (nSPS) is 12.6. The molecule has 5 nitrogen and oxygen atoms in total. The van der Waals surface area contributed by atoms with Crippen molar-refractivity contribution in [3.05, 3.63) is 17.0 Å². The number of amides is 1. The number of hydrogen-bond acceptors (Lipinski definition) is 5. The van der Waals surface area contributed by atoms with E-state index in [0.717, 1.165) is 0 Å². The highest BCUT2D eigenvalue weighted by molar-refractivity contribution is 7.20. The Morgan fingerprint density at radius 3 is 2.39 bits per heavy atom. The van der Waals surface area contributed by atoms with Gasteiger partial charge in [-0.2, -0.15) is 11.3 Å². The first-order valence-electron chi connectivity index (χ1n) is 5.51. The molecule has 0 spiro atoms. The van der Waals surface area contributed by atoms with Crippen LogP contribution >= 0.6 is 11.3 Å². The minimum absolute atomic E-state index is 0.332. The van der Waals surface area contributed by atoms with Crippen molar-refractivity contribution < 1.29 is 19.6 Å². The molecule has 100 valence electrons. The summed E-state index contributed by atoms with van der Waals surface area (Å²) in [5.74, 6) is -0.550. The number of thiophene rings is 1. The molecule has 7 heteroatoms. The average Bonchev–Trinajstić information content (AvgIpc) is 2.63. The van der Waals surface area contributed by atoms with Gasteiger partial charge in [0.05, 0.1) is 11.2 Å². The first kappa shape index (κ1) is 15.2. The Labute approximate surface area is 111 Å². The Hall–Kier alpha value is -0.885. The molecule has 0 aliphatic carbocycles. The number of carbonyl (C=O) groups is 1. The Morgan fingerprint density at radius 2 is 2.00 bits per heavy atom. The van der Waals surface area contributed by atoms with Gasteiger partial charge in [0.1, 0.15) is 0 Å². The highest BCUT2D eigenvalue weighted by Crippen LogP contribution is 2.25. The van der Waals surface area contributed by atoms with Gasteiger partial charge in [-0.05, 0) is 33.8 Å². The predicted octanol–water partition coefficient (Wildman–Crippen LogP) is 0.101. The number of nitrogens with two attached hydrogens (primary N) is 1. The lowest BCUT2D eigenvalue weighted by molar-refractivity contribution is -0.0981. The van der Waals surface area contributed by atoms with Crippen molar-refractivity contribution in [2.24, 2.45) is 5.73 Å². The average molecular weight is 271 g/mol. The SMILES string of the molecule is CC(C)(O)C(C)(C)OB(O)c1cc(C(N)=O)cs1. The fraction of sp³-hybridized carbons (Fsp3) is 0.545. The van der Waals surface area contributed by atoms with Gasteiger partial charge in [-0.1, -0.05) is 0 Å². The molecule has 1 heterocycles. The molecule has 0 aliphatic rings. The first-order valence-corrected chi connectivity index (χ1v) is 6.39. The van der Waals surface area contributed by atoms with E-state index in [-0.39, 0.29) is 0 Å². The van der Waals surface area contributed by atoms with Crippen molar-refractivity contribution in [2.75, 3.05) is 0 Å². The monoisotopic (exact) mass is 271 g/mol. The highest BCUT2D eigenvalue weighted by Gasteiger charge is 2.39. The van der Waals surface area contributed by atoms with Crippen molar-refractivity contribution in [2.45, 2.75) is 38.9 Å². The third-order valence-corrected chi connectivity index (χ3v) is 3.99. The summed E-state index contributed by atoms with van der Waals surface area (Å²) in [6.45, 7) is 6.56. The molecule has 1 aromatic rings. The van der Waals surface area contributed by atoms with E-state index in [1.54, 1.807) is 33.1 Å². The van der Waals surface area contributed by atoms with Gasteiger partial charge in [-0.3, -0.25) is 4.79 Å². The summed E-state index contributed by atoms with van der Waals surface area (Å²) in [6, 6.07) is 1.48. The zero-order valence-electron chi connectivity index (χ0n) is 10.9. The molecule has 0 saturated heterocycles. The van der Waals surface area contributed by atoms with Gasteiger partial charge in [-0.25, -0.2) is 0 Å². The Bertz CT molecular complexity index is 438. The van der Waals surface area contributed by atoms with Gasteiger partial charge >= 0.3 is 7.12 Å². The van der Waals surface area contributed by atoms with Gasteiger partial charge in [-0.15, -0.1) is 0 Å². The molecule has 18 heavy (non-hydrogen) atoms. The number of rotatable bonds is 5. The second-order valence-electron chi connectivity index (χ2n) is 5.14. The van der Waals surface area contributed by atoms with Crippen LogP contribution in [0.5, 0.6) is 0 Å². The van der Waals surface area contributed by atoms with E-state index in [0.29, 0.717) is 10.3 Å². The topological polar surface area (TPSA) is 92.8 Å². The Kier molecular flexibility index (Phi) is 4.22. The molecule has 0 fully saturated rings. The van der Waals surface area contributed by atoms with Crippen LogP contribution in [-0.2, 0) is 4.65 Å². The number of primary amides is 1. The van der Waals surface area contributed by atoms with Gasteiger partial charge in [0, 0.05) is 15.7 Å². The molecule has 0 radical (unpaired) electrons. The molecule has 0 aromatic carbocycles. The minimum Gasteiger partial charge on any atom is -0.423 e. The maximum atomic E-state index is 10.9. The second-order valence-corrected chi connectivity index (χ2v) is 6.08. The molecule has 4 N–H and O–H groups in total. The van der Waals surface area contributed by atoms with Gasteiger partial charge in [0.2, 0.25) is 5.91 Å². The van der Waals surface area contributed by atoms with Gasteiger partial charge in [0.25, 0.3) is 0 Å². The molecule has 1 rings (SSSR count). The van der Waals surface area contributed by atoms with Crippen molar-refractivity contribution in [3.63, 3.8) is 0 Å². The molecule has 0 unspecified atom stereocenters. The van der Waals surface area contributed by atoms with E-state index < -0.39 is 24.2 Å². The van der Waals surface area contributed by atoms with Crippen molar-refractivity contribution in [1.82, 2.24) is 0 Å². The lowest BCUT2D eigenvalue weighted by Crippen LogP contribution is -2.52. The molecular weight excluding hydrogens is 253 g/mol. The number of aliphatic hydroxyl groups is 1. The van der Waals surface area contributed by atoms with E-state index >= 15 is 0 Å². The molecular formula is C11H18BNO4S. The van der Waals surface area contributed by atoms with Gasteiger partial charge in [0.15, 0.2) is 0 Å². The van der Waals surface area contributed by atoms with E-state index in [1.807, 2.05) is 0 Å². The third-order valence-electron chi connectivity index (χ3n) is 3.03. The molecule has 1 aromatic heterocycles. The smallest absolute Gasteiger partial charge is 0.423 e. The van der Waals surface area contributed by atoms with E-state index in [4.69, 9.17) is 10.4 Å². The van der Waals surface area contributed by atoms with E-state index in [1.165, 1.54) is 17.4 Å². The summed E-state index contributed by atoms with van der Waals surface area (Å²) in [5.41, 5.74) is 3.41. The van der Waals surface area contributed by atoms with Crippen LogP contribution in [0.15, 0.2) is 11.4 Å². The predicted molar refractivity (Wildman–Crippen MR) is 71.9 cm³/mol. The van der Waals surface area contributed by atoms with Crippen molar-refractivity contribution in [3.8, 4) is 0 Å². The quantitative estimate of drug-likeness (QED) is 0.662. The highest BCUT2D eigenvalue weighted by atomic mass is 32.1. The molecule has 0 aliphatic heterocycles. The fourth-order valence-corrected chi connectivity index (χ4v) is 1.90. The third kappa shape index (κ3) is 3.32. The zero-order valence-corrected chi connectivity index (χ0v) is 11.7. The lowest BCUT2D eigenvalue weighted by Gasteiger charge is -2.38. The van der Waals surface area contributed by atoms with Crippen LogP contribution in [0.3, 0.4) is 0 Å². The molecule has 0 bridgehead atoms. The minimum atomic E-state index is -1.20. The van der Waals surface area contributed by atoms with Crippen LogP contribution in [0.4, 0.5) is 0 Å². The lowest BCUT2D eigenvalue weighted by atomic mass is 9.82. The summed E-state index contributed by atoms with van der Waals surface area (Å²) in [5, 5.41) is 21.4. The first-order chi connectivity index (χ1) is 8.04. The molecule has 0 saturated carbocycles. The van der Waals surface area contributed by atoms with Crippen LogP contribution in [0, 0.1) is 0 Å². The standard InChI is InChI=1S/C11H18BNO4S/c1-10(2,15)11(3,4)17-12(16)8-5-7(6-18-8)9(13)14/h5-6,15-16H,1-4H3,(H2,13,14). The van der Waals surface area contributed by atoms with Crippen molar-refractivity contribution >= 4 is 29.1 Å². The summed E-state index contributed by atoms with van der Waals surface area (Å²) in [7, 11) is -1.20. The number of hydrogen-bond donors (Lipinski definition) is 3. The maximum Gasteiger partial charge on any atom is 0.502 e. The molecule has 1 amide bonds. The summed E-state index contributed by atoms with van der Waals surface area (Å²) in [4.78, 5) is 10.9. The van der Waals surface area contributed by atoms with E-state index in [9.17, 15) is 14.9 Å². The van der Waals surface area contributed by atoms with Crippen LogP contribution < -0.4 is 10.5 Å². The van der Waals surface area contributed by atoms with Crippen LogP contribution in [0.1, 0.15) is 38.1 Å². The summed E-state index contributed by atoms with van der Waals surface area (Å²) < 4.78 is 5.92. The number of carbonyl (C=O) groups excluding carboxylic acids is 1. The summed E-state index contributed by atoms with van der Waals surface area (Å²) >= 11 is 1.18. The fourth-order valence-electron chi connectivity index (χ4n) is 1.09. The second kappa shape index (κ2) is 5.01. The largest absolute Gasteiger partial charge is 0.502 e. The zero-order chi connectivity index (χ0) is 14.1. The molecule has 0 atom stereocenters. The van der Waals surface area contributed by atoms with E-state index in [2.05, 4.69) is 0 Å². The Morgan fingerprint density at radius 1 is 1.44 bits per heavy atom. The summed E-state index contributed by atoms with van der Waals surface area (Å²) in [6.07, 6.45) is 0.